The molecule has 5 unspecified atom stereocenters. The van der Waals surface area contributed by atoms with Crippen LogP contribution < -0.4 is 0 Å². The fraction of sp³-hybridized carbons (Fsp3) is 0.586. The minimum absolute atomic E-state index is 0.0284. The van der Waals surface area contributed by atoms with Crippen LogP contribution in [0.5, 0.6) is 0 Å². The third kappa shape index (κ3) is 76.1. The average molecular weight is 1520 g/mol. The highest BCUT2D eigenvalue weighted by Crippen LogP contribution is 2.45. The van der Waals surface area contributed by atoms with Gasteiger partial charge in [-0.05, 0) is 135 Å². The molecule has 0 aliphatic rings. The first-order valence-electron chi connectivity index (χ1n) is 39.7. The van der Waals surface area contributed by atoms with Gasteiger partial charge >= 0.3 is 39.5 Å². The van der Waals surface area contributed by atoms with E-state index >= 15 is 0 Å². The Labute approximate surface area is 640 Å². The number of carbonyl (C=O) groups is 4. The van der Waals surface area contributed by atoms with E-state index in [1.54, 1.807) is 12.2 Å². The molecule has 0 heterocycles. The molecule has 3 N–H and O–H groups in total. The van der Waals surface area contributed by atoms with E-state index in [1.165, 1.54) is 51.4 Å². The fourth-order valence-electron chi connectivity index (χ4n) is 9.70. The molecular weight excluding hydrogens is 1380 g/mol. The number of ether oxygens (including phenoxy) is 4. The molecule has 0 aromatic rings. The molecule has 0 aliphatic heterocycles. The first-order chi connectivity index (χ1) is 51.7. The van der Waals surface area contributed by atoms with Crippen LogP contribution in [0.3, 0.4) is 0 Å². The van der Waals surface area contributed by atoms with Crippen LogP contribution in [-0.4, -0.2) is 96.7 Å². The van der Waals surface area contributed by atoms with Gasteiger partial charge in [0, 0.05) is 19.3 Å². The van der Waals surface area contributed by atoms with Crippen LogP contribution >= 0.6 is 15.6 Å². The zero-order chi connectivity index (χ0) is 77.4. The highest BCUT2D eigenvalue weighted by molar-refractivity contribution is 7.47. The van der Waals surface area contributed by atoms with E-state index in [2.05, 4.69) is 180 Å². The second-order valence-electron chi connectivity index (χ2n) is 25.5. The van der Waals surface area contributed by atoms with Crippen LogP contribution in [0.2, 0.25) is 0 Å². The number of phosphoric ester groups is 2. The number of rotatable bonds is 72. The Kier molecular flexibility index (Phi) is 72.6. The molecule has 0 bridgehead atoms. The van der Waals surface area contributed by atoms with E-state index in [-0.39, 0.29) is 25.7 Å². The summed E-state index contributed by atoms with van der Waals surface area (Å²) in [5.41, 5.74) is 0. The molecular formula is C87H138O17P2. The molecule has 5 atom stereocenters. The van der Waals surface area contributed by atoms with E-state index in [0.717, 1.165) is 135 Å². The Hall–Kier alpha value is -6.10. The summed E-state index contributed by atoms with van der Waals surface area (Å²) in [7, 11) is -10.0. The van der Waals surface area contributed by atoms with E-state index in [1.807, 2.05) is 30.4 Å². The summed E-state index contributed by atoms with van der Waals surface area (Å²) in [6.07, 6.45) is 94.6. The van der Waals surface area contributed by atoms with Crippen molar-refractivity contribution in [3.8, 4) is 0 Å². The third-order valence-electron chi connectivity index (χ3n) is 15.6. The Morgan fingerprint density at radius 3 is 0.896 bits per heavy atom. The largest absolute Gasteiger partial charge is 0.472 e. The monoisotopic (exact) mass is 1520 g/mol. The summed E-state index contributed by atoms with van der Waals surface area (Å²) in [6.45, 7) is 4.27. The number of hydrogen-bond acceptors (Lipinski definition) is 15. The molecule has 0 amide bonds. The summed E-state index contributed by atoms with van der Waals surface area (Å²) in [6, 6.07) is 0. The quantitative estimate of drug-likeness (QED) is 0.0169. The summed E-state index contributed by atoms with van der Waals surface area (Å²) >= 11 is 0. The first-order valence-corrected chi connectivity index (χ1v) is 42.7. The van der Waals surface area contributed by atoms with Crippen LogP contribution in [0.1, 0.15) is 272 Å². The molecule has 0 aromatic carbocycles. The van der Waals surface area contributed by atoms with Gasteiger partial charge in [-0.3, -0.25) is 37.3 Å². The molecule has 17 nitrogen and oxygen atoms in total. The number of phosphoric acid groups is 2. The maximum Gasteiger partial charge on any atom is 0.472 e. The number of aliphatic hydroxyl groups excluding tert-OH is 1. The summed E-state index contributed by atoms with van der Waals surface area (Å²) < 4.78 is 68.3. The molecule has 598 valence electrons. The van der Waals surface area contributed by atoms with Gasteiger partial charge in [0.2, 0.25) is 0 Å². The Morgan fingerprint density at radius 1 is 0.283 bits per heavy atom. The fourth-order valence-corrected chi connectivity index (χ4v) is 11.3. The molecule has 0 fully saturated rings. The molecule has 106 heavy (non-hydrogen) atoms. The van der Waals surface area contributed by atoms with Crippen LogP contribution in [0.25, 0.3) is 0 Å². The van der Waals surface area contributed by atoms with Gasteiger partial charge in [0.1, 0.15) is 19.3 Å². The van der Waals surface area contributed by atoms with Crippen molar-refractivity contribution in [1.82, 2.24) is 0 Å². The number of unbranched alkanes of at least 4 members (excludes halogenated alkanes) is 15. The van der Waals surface area contributed by atoms with Crippen molar-refractivity contribution < 1.29 is 80.2 Å². The number of carbonyl (C=O) groups excluding carboxylic acids is 4. The summed E-state index contributed by atoms with van der Waals surface area (Å²) in [5.74, 6) is -2.48. The molecule has 0 saturated heterocycles. The van der Waals surface area contributed by atoms with E-state index < -0.39 is 97.5 Å². The van der Waals surface area contributed by atoms with Gasteiger partial charge in [-0.15, -0.1) is 0 Å². The number of allylic oxidation sites excluding steroid dienone is 31. The van der Waals surface area contributed by atoms with Crippen molar-refractivity contribution in [3.05, 3.63) is 194 Å². The lowest BCUT2D eigenvalue weighted by molar-refractivity contribution is -0.161. The van der Waals surface area contributed by atoms with E-state index in [9.17, 15) is 43.2 Å². The molecule has 0 saturated carbocycles. The average Bonchev–Trinajstić information content (AvgIpc) is 0.901. The highest BCUT2D eigenvalue weighted by atomic mass is 31.2. The van der Waals surface area contributed by atoms with Gasteiger partial charge < -0.3 is 33.8 Å². The minimum Gasteiger partial charge on any atom is -0.462 e. The SMILES string of the molecule is CC/C=C\C/C=C\C/C=C\C/C=C\C/C=C\C/C=C\CCC(=O)OCC(COP(=O)(O)OCC(O)COP(=O)(O)OCC(COC(=O)CCCCC/C=C\C/C=C\C/C=C\C/C=C\C/C=C\CC)OC(=O)C/C=C\C/C=C\C/C=C\C/C=C\C/C=C\CC)OC(=O)CCCCCCCCCCCCCCC. The lowest BCUT2D eigenvalue weighted by Crippen LogP contribution is -2.30. The zero-order valence-electron chi connectivity index (χ0n) is 65.3. The Morgan fingerprint density at radius 2 is 0.547 bits per heavy atom. The maximum atomic E-state index is 13.1. The molecule has 0 spiro atoms. The number of esters is 4. The maximum absolute atomic E-state index is 13.1. The third-order valence-corrected chi connectivity index (χ3v) is 17.5. The number of aliphatic hydroxyl groups is 1. The molecule has 0 radical (unpaired) electrons. The van der Waals surface area contributed by atoms with E-state index in [0.29, 0.717) is 32.1 Å². The second-order valence-corrected chi connectivity index (χ2v) is 28.4. The van der Waals surface area contributed by atoms with Crippen molar-refractivity contribution in [2.45, 2.75) is 290 Å². The number of hydrogen-bond donors (Lipinski definition) is 3. The van der Waals surface area contributed by atoms with Gasteiger partial charge in [-0.25, -0.2) is 9.13 Å². The molecule has 0 rings (SSSR count). The van der Waals surface area contributed by atoms with E-state index in [4.69, 9.17) is 37.0 Å². The lowest BCUT2D eigenvalue weighted by atomic mass is 10.0. The van der Waals surface area contributed by atoms with Gasteiger partial charge in [-0.1, -0.05) is 306 Å². The van der Waals surface area contributed by atoms with Gasteiger partial charge in [0.05, 0.1) is 32.8 Å². The van der Waals surface area contributed by atoms with Crippen molar-refractivity contribution >= 4 is 39.5 Å². The van der Waals surface area contributed by atoms with Crippen molar-refractivity contribution in [2.75, 3.05) is 39.6 Å². The predicted molar refractivity (Wildman–Crippen MR) is 436 cm³/mol. The lowest BCUT2D eigenvalue weighted by Gasteiger charge is -2.21. The minimum atomic E-state index is -5.02. The second kappa shape index (κ2) is 77.1. The Balaban J connectivity index is 5.52. The summed E-state index contributed by atoms with van der Waals surface area (Å²) in [5, 5.41) is 10.6. The molecule has 0 aromatic heterocycles. The smallest absolute Gasteiger partial charge is 0.462 e. The van der Waals surface area contributed by atoms with Crippen LogP contribution in [0.15, 0.2) is 194 Å². The van der Waals surface area contributed by atoms with Gasteiger partial charge in [-0.2, -0.15) is 0 Å². The topological polar surface area (TPSA) is 237 Å². The standard InChI is InChI=1S/C87H138O17P2/c1-5-9-13-17-21-25-29-33-36-38-40-42-45-48-51-55-59-63-67-71-84(89)97-77-82(103-86(91)73-69-65-61-57-53-47-32-28-24-20-16-12-8-4)79-101-105(93,94)99-75-81(88)76-100-106(95,96)102-80-83(104-87(92)74-70-66-62-58-54-50-44-35-31-27-23-19-15-11-7-3)78-98-85(90)72-68-64-60-56-52-49-46-43-41-39-37-34-30-26-22-18-14-10-6-2/h9-11,13-15,21-23,25-27,33-37,40-44,48-49,51-52,54,58-59,63,66,70,81-83,88H,5-8,12,16-20,24,28-32,38-39,45-47,50,53,55-57,60-62,64-65,67-69,71-80H2,1-4H3,(H,93,94)(H,95,96)/b13-9-,14-10-,15-11-,25-21-,26-22-,27-23-,36-33-,37-34-,42-40-,43-41-,44-35-,51-48-,52-49-,58-54-,63-59-,70-66-. The molecule has 19 heteroatoms. The van der Waals surface area contributed by atoms with Crippen molar-refractivity contribution in [1.29, 1.82) is 0 Å². The van der Waals surface area contributed by atoms with Crippen molar-refractivity contribution in [3.63, 3.8) is 0 Å². The summed E-state index contributed by atoms with van der Waals surface area (Å²) in [4.78, 5) is 72.9. The Bertz CT molecular complexity index is 2780. The van der Waals surface area contributed by atoms with Gasteiger partial charge in [0.25, 0.3) is 0 Å². The zero-order valence-corrected chi connectivity index (χ0v) is 67.1. The predicted octanol–water partition coefficient (Wildman–Crippen LogP) is 23.3. The van der Waals surface area contributed by atoms with Crippen molar-refractivity contribution in [2.24, 2.45) is 0 Å². The molecule has 0 aliphatic carbocycles. The van der Waals surface area contributed by atoms with Crippen LogP contribution in [0.4, 0.5) is 0 Å². The van der Waals surface area contributed by atoms with Crippen LogP contribution in [0, 0.1) is 0 Å². The first kappa shape index (κ1) is 99.9. The highest BCUT2D eigenvalue weighted by Gasteiger charge is 2.30. The van der Waals surface area contributed by atoms with Gasteiger partial charge in [0.15, 0.2) is 12.2 Å². The normalized spacial score (nSPS) is 14.9. The van der Waals surface area contributed by atoms with Crippen LogP contribution in [-0.2, 0) is 65.4 Å².